The molecule has 0 N–H and O–H groups in total. The summed E-state index contributed by atoms with van der Waals surface area (Å²) in [5.41, 5.74) is 0.814. The van der Waals surface area contributed by atoms with Crippen LogP contribution in [-0.4, -0.2) is 12.5 Å². The highest BCUT2D eigenvalue weighted by Gasteiger charge is 2.27. The summed E-state index contributed by atoms with van der Waals surface area (Å²) >= 11 is 5.85. The zero-order valence-corrected chi connectivity index (χ0v) is 11.7. The van der Waals surface area contributed by atoms with Crippen LogP contribution in [0.1, 0.15) is 26.3 Å². The molecule has 96 valence electrons. The molecule has 0 unspecified atom stereocenters. The third-order valence-electron chi connectivity index (χ3n) is 2.57. The quantitative estimate of drug-likeness (QED) is 0.471. The van der Waals surface area contributed by atoms with E-state index in [1.54, 1.807) is 6.19 Å². The van der Waals surface area contributed by atoms with Crippen molar-refractivity contribution in [2.75, 3.05) is 6.61 Å². The van der Waals surface area contributed by atoms with Gasteiger partial charge in [0.25, 0.3) is 0 Å². The molecule has 0 aliphatic carbocycles. The largest absolute Gasteiger partial charge is 0.480 e. The fraction of sp³-hybridized carbons (Fsp3) is 0.429. The highest BCUT2D eigenvalue weighted by Crippen LogP contribution is 2.25. The van der Waals surface area contributed by atoms with Crippen molar-refractivity contribution in [3.05, 3.63) is 34.9 Å². The van der Waals surface area contributed by atoms with Crippen LogP contribution in [0, 0.1) is 16.9 Å². The summed E-state index contributed by atoms with van der Waals surface area (Å²) in [6.07, 6.45) is 2.54. The van der Waals surface area contributed by atoms with Gasteiger partial charge in [-0.1, -0.05) is 37.6 Å². The van der Waals surface area contributed by atoms with Gasteiger partial charge in [0.1, 0.15) is 0 Å². The maximum atomic E-state index is 8.69. The van der Waals surface area contributed by atoms with Gasteiger partial charge in [-0.3, -0.25) is 0 Å². The molecule has 3 nitrogen and oxygen atoms in total. The van der Waals surface area contributed by atoms with E-state index in [9.17, 15) is 0 Å². The van der Waals surface area contributed by atoms with E-state index in [1.165, 1.54) is 0 Å². The topological polar surface area (TPSA) is 45.4 Å². The Kier molecular flexibility index (Phi) is 5.18. The van der Waals surface area contributed by atoms with Crippen molar-refractivity contribution in [1.29, 1.82) is 5.26 Å². The average molecular weight is 265 g/mol. The lowest BCUT2D eigenvalue weighted by Gasteiger charge is -2.25. The van der Waals surface area contributed by atoms with Crippen molar-refractivity contribution in [1.82, 2.24) is 0 Å². The van der Waals surface area contributed by atoms with Crippen molar-refractivity contribution in [3.8, 4) is 6.19 Å². The van der Waals surface area contributed by atoms with Crippen LogP contribution in [0.2, 0.25) is 5.02 Å². The van der Waals surface area contributed by atoms with Crippen LogP contribution in [0.3, 0.4) is 0 Å². The van der Waals surface area contributed by atoms with Crippen molar-refractivity contribution < 1.29 is 4.74 Å². The zero-order valence-electron chi connectivity index (χ0n) is 10.9. The third-order valence-corrected chi connectivity index (χ3v) is 2.82. The fourth-order valence-corrected chi connectivity index (χ4v) is 1.88. The first-order valence-corrected chi connectivity index (χ1v) is 6.22. The minimum atomic E-state index is -0.320. The molecule has 0 heterocycles. The number of nitrogens with zero attached hydrogens (tertiary/aromatic N) is 2. The average Bonchev–Trinajstić information content (AvgIpc) is 2.32. The molecule has 0 spiro atoms. The molecular weight excluding hydrogens is 248 g/mol. The van der Waals surface area contributed by atoms with E-state index in [0.29, 0.717) is 17.5 Å². The lowest BCUT2D eigenvalue weighted by molar-refractivity contribution is 0.271. The van der Waals surface area contributed by atoms with Crippen LogP contribution in [-0.2, 0) is 11.2 Å². The zero-order chi connectivity index (χ0) is 13.6. The van der Waals surface area contributed by atoms with Crippen LogP contribution >= 0.6 is 11.6 Å². The number of nitriles is 1. The second kappa shape index (κ2) is 6.42. The van der Waals surface area contributed by atoms with Crippen molar-refractivity contribution in [3.63, 3.8) is 0 Å². The first-order valence-electron chi connectivity index (χ1n) is 5.84. The van der Waals surface area contributed by atoms with E-state index < -0.39 is 0 Å². The molecule has 0 radical (unpaired) electrons. The first kappa shape index (κ1) is 14.5. The highest BCUT2D eigenvalue weighted by atomic mass is 35.5. The van der Waals surface area contributed by atoms with Crippen LogP contribution in [0.4, 0.5) is 0 Å². The molecule has 0 atom stereocenters. The molecular formula is C14H17ClN2O. The number of halogens is 1. The number of rotatable bonds is 4. The summed E-state index contributed by atoms with van der Waals surface area (Å²) in [4.78, 5) is 3.77. The molecule has 0 bridgehead atoms. The van der Waals surface area contributed by atoms with E-state index in [2.05, 4.69) is 4.99 Å². The maximum Gasteiger partial charge on any atom is 0.208 e. The number of hydrogen-bond acceptors (Lipinski definition) is 3. The predicted octanol–water partition coefficient (Wildman–Crippen LogP) is 3.82. The molecule has 0 fully saturated rings. The van der Waals surface area contributed by atoms with Gasteiger partial charge in [-0.2, -0.15) is 5.26 Å². The number of benzene rings is 1. The summed E-state index contributed by atoms with van der Waals surface area (Å²) in [6, 6.07) is 7.66. The molecule has 0 aliphatic rings. The monoisotopic (exact) mass is 264 g/mol. The lowest BCUT2D eigenvalue weighted by atomic mass is 9.85. The first-order chi connectivity index (χ1) is 8.49. The van der Waals surface area contributed by atoms with E-state index in [0.717, 1.165) is 12.0 Å². The molecule has 0 saturated heterocycles. The summed E-state index contributed by atoms with van der Waals surface area (Å²) < 4.78 is 5.44. The van der Waals surface area contributed by atoms with Crippen LogP contribution in [0.15, 0.2) is 29.3 Å². The minimum absolute atomic E-state index is 0.320. The number of ether oxygens (including phenoxy) is 1. The van der Waals surface area contributed by atoms with Gasteiger partial charge < -0.3 is 4.74 Å². The Morgan fingerprint density at radius 1 is 1.39 bits per heavy atom. The van der Waals surface area contributed by atoms with Crippen LogP contribution in [0.5, 0.6) is 0 Å². The van der Waals surface area contributed by atoms with E-state index in [4.69, 9.17) is 21.6 Å². The Morgan fingerprint density at radius 3 is 2.50 bits per heavy atom. The maximum absolute atomic E-state index is 8.69. The van der Waals surface area contributed by atoms with E-state index in [1.807, 2.05) is 45.0 Å². The molecule has 0 aromatic heterocycles. The Labute approximate surface area is 113 Å². The van der Waals surface area contributed by atoms with Crippen molar-refractivity contribution >= 4 is 17.5 Å². The molecule has 0 amide bonds. The van der Waals surface area contributed by atoms with Gasteiger partial charge in [-0.25, -0.2) is 0 Å². The standard InChI is InChI=1S/C14H17ClN2O/c1-4-18-13(17-10-16)14(2,3)9-11-5-7-12(15)8-6-11/h5-8H,4,9H2,1-3H3. The summed E-state index contributed by atoms with van der Waals surface area (Å²) in [7, 11) is 0. The van der Waals surface area contributed by atoms with E-state index >= 15 is 0 Å². The van der Waals surface area contributed by atoms with Gasteiger partial charge in [0.15, 0.2) is 0 Å². The fourth-order valence-electron chi connectivity index (χ4n) is 1.75. The van der Waals surface area contributed by atoms with Crippen molar-refractivity contribution in [2.24, 2.45) is 10.4 Å². The van der Waals surface area contributed by atoms with Gasteiger partial charge in [-0.15, -0.1) is 4.99 Å². The Hall–Kier alpha value is -1.53. The molecule has 1 rings (SSSR count). The third kappa shape index (κ3) is 4.05. The molecule has 0 saturated carbocycles. The number of aliphatic imine (C=N–C) groups is 1. The second-order valence-corrected chi connectivity index (χ2v) is 5.07. The Balaban J connectivity index is 2.89. The SMILES string of the molecule is CCOC(=NC#N)C(C)(C)Cc1ccc(Cl)cc1. The number of hydrogen-bond donors (Lipinski definition) is 0. The lowest BCUT2D eigenvalue weighted by Crippen LogP contribution is -2.29. The van der Waals surface area contributed by atoms with Crippen LogP contribution in [0.25, 0.3) is 0 Å². The smallest absolute Gasteiger partial charge is 0.208 e. The van der Waals surface area contributed by atoms with Gasteiger partial charge in [0.2, 0.25) is 12.1 Å². The molecule has 1 aromatic carbocycles. The van der Waals surface area contributed by atoms with Gasteiger partial charge in [-0.05, 0) is 31.0 Å². The van der Waals surface area contributed by atoms with Gasteiger partial charge in [0.05, 0.1) is 6.61 Å². The van der Waals surface area contributed by atoms with E-state index in [-0.39, 0.29) is 5.41 Å². The molecule has 0 aliphatic heterocycles. The van der Waals surface area contributed by atoms with Gasteiger partial charge in [0, 0.05) is 10.4 Å². The van der Waals surface area contributed by atoms with Crippen LogP contribution < -0.4 is 0 Å². The predicted molar refractivity (Wildman–Crippen MR) is 73.6 cm³/mol. The Bertz CT molecular complexity index is 458. The highest BCUT2D eigenvalue weighted by molar-refractivity contribution is 6.30. The Morgan fingerprint density at radius 2 is 2.00 bits per heavy atom. The molecule has 1 aromatic rings. The van der Waals surface area contributed by atoms with Crippen molar-refractivity contribution in [2.45, 2.75) is 27.2 Å². The molecule has 4 heteroatoms. The second-order valence-electron chi connectivity index (χ2n) is 4.64. The minimum Gasteiger partial charge on any atom is -0.480 e. The molecule has 18 heavy (non-hydrogen) atoms. The normalized spacial score (nSPS) is 12.1. The summed E-state index contributed by atoms with van der Waals surface area (Å²) in [6.45, 7) is 6.40. The van der Waals surface area contributed by atoms with Gasteiger partial charge >= 0.3 is 0 Å². The summed E-state index contributed by atoms with van der Waals surface area (Å²) in [5, 5.41) is 9.41. The summed E-state index contributed by atoms with van der Waals surface area (Å²) in [5.74, 6) is 0.474.